The van der Waals surface area contributed by atoms with Crippen molar-refractivity contribution in [2.45, 2.75) is 53.0 Å². The van der Waals surface area contributed by atoms with Gasteiger partial charge in [0.05, 0.1) is 28.1 Å². The normalized spacial score (nSPS) is 13.2. The maximum atomic E-state index is 9.53. The zero-order valence-electron chi connectivity index (χ0n) is 20.0. The number of aryl methyl sites for hydroxylation is 1. The summed E-state index contributed by atoms with van der Waals surface area (Å²) in [6.45, 7) is 10.4. The van der Waals surface area contributed by atoms with Crippen molar-refractivity contribution in [1.82, 2.24) is 15.0 Å². The van der Waals surface area contributed by atoms with Crippen LogP contribution in [0.5, 0.6) is 0 Å². The molecule has 2 unspecified atom stereocenters. The largest absolute Gasteiger partial charge is 0.399 e. The van der Waals surface area contributed by atoms with Gasteiger partial charge in [-0.05, 0) is 57.7 Å². The van der Waals surface area contributed by atoms with Crippen LogP contribution in [0.2, 0.25) is 0 Å². The van der Waals surface area contributed by atoms with Crippen LogP contribution in [0.1, 0.15) is 45.7 Å². The molecule has 0 aliphatic carbocycles. The van der Waals surface area contributed by atoms with Crippen molar-refractivity contribution in [3.05, 3.63) is 23.9 Å². The van der Waals surface area contributed by atoms with Crippen LogP contribution in [-0.4, -0.2) is 52.5 Å². The molecule has 0 saturated carbocycles. The molecular formula is C24H36N6O2S. The average molecular weight is 473 g/mol. The summed E-state index contributed by atoms with van der Waals surface area (Å²) in [5, 5.41) is 17.2. The minimum absolute atomic E-state index is 0.181. The second-order valence-corrected chi connectivity index (χ2v) is 9.34. The molecule has 0 fully saturated rings. The maximum absolute atomic E-state index is 9.53. The molecule has 9 heteroatoms. The van der Waals surface area contributed by atoms with Crippen molar-refractivity contribution in [2.24, 2.45) is 5.92 Å². The van der Waals surface area contributed by atoms with Gasteiger partial charge in [0.15, 0.2) is 0 Å². The Morgan fingerprint density at radius 3 is 2.73 bits per heavy atom. The fraction of sp³-hybridized carbons (Fsp3) is 0.542. The Hall–Kier alpha value is -2.49. The summed E-state index contributed by atoms with van der Waals surface area (Å²) in [6.07, 6.45) is 2.87. The van der Waals surface area contributed by atoms with E-state index in [1.54, 1.807) is 11.3 Å². The highest BCUT2D eigenvalue weighted by atomic mass is 32.1. The van der Waals surface area contributed by atoms with Gasteiger partial charge in [-0.25, -0.2) is 9.97 Å². The summed E-state index contributed by atoms with van der Waals surface area (Å²) in [5.74, 6) is 1.65. The van der Waals surface area contributed by atoms with Crippen molar-refractivity contribution >= 4 is 39.0 Å². The molecule has 5 N–H and O–H groups in total. The molecule has 2 heterocycles. The first-order valence-electron chi connectivity index (χ1n) is 11.7. The number of ether oxygens (including phenoxy) is 1. The Bertz CT molecular complexity index is 1040. The van der Waals surface area contributed by atoms with Crippen molar-refractivity contribution in [3.63, 3.8) is 0 Å². The molecule has 3 rings (SSSR count). The second-order valence-electron chi connectivity index (χ2n) is 8.31. The van der Waals surface area contributed by atoms with Gasteiger partial charge in [0, 0.05) is 31.5 Å². The number of thiazole rings is 1. The number of aliphatic hydroxyl groups excluding tert-OH is 1. The fourth-order valence-corrected chi connectivity index (χ4v) is 4.70. The van der Waals surface area contributed by atoms with E-state index in [0.29, 0.717) is 37.3 Å². The Morgan fingerprint density at radius 1 is 1.18 bits per heavy atom. The standard InChI is InChI=1S/C24H36N6O2S/c1-5-17(14-31)8-7-15(3)27-22-21(16(4)28-24(30-22)26-11-12-32-6-2)23-29-19-13-18(25)9-10-20(19)33-23/h9-10,13,15,17,31H,5-8,11-12,14,25H2,1-4H3,(H2,26,27,28,30). The molecular weight excluding hydrogens is 436 g/mol. The van der Waals surface area contributed by atoms with Gasteiger partial charge in [0.2, 0.25) is 5.95 Å². The van der Waals surface area contributed by atoms with E-state index in [-0.39, 0.29) is 12.6 Å². The van der Waals surface area contributed by atoms with E-state index >= 15 is 0 Å². The summed E-state index contributed by atoms with van der Waals surface area (Å²) in [4.78, 5) is 14.3. The molecule has 8 nitrogen and oxygen atoms in total. The molecule has 2 atom stereocenters. The average Bonchev–Trinajstić information content (AvgIpc) is 3.19. The number of nitrogens with zero attached hydrogens (tertiary/aromatic N) is 3. The van der Waals surface area contributed by atoms with E-state index in [1.165, 1.54) is 0 Å². The smallest absolute Gasteiger partial charge is 0.224 e. The van der Waals surface area contributed by atoms with Crippen LogP contribution < -0.4 is 16.4 Å². The van der Waals surface area contributed by atoms with Crippen LogP contribution in [0.25, 0.3) is 20.8 Å². The Morgan fingerprint density at radius 2 is 2.00 bits per heavy atom. The molecule has 2 aromatic heterocycles. The zero-order valence-corrected chi connectivity index (χ0v) is 20.8. The summed E-state index contributed by atoms with van der Waals surface area (Å²) >= 11 is 1.61. The molecule has 1 aromatic carbocycles. The Balaban J connectivity index is 1.90. The third-order valence-electron chi connectivity index (χ3n) is 5.68. The van der Waals surface area contributed by atoms with E-state index in [2.05, 4.69) is 24.5 Å². The molecule has 0 bridgehead atoms. The number of aliphatic hydroxyl groups is 1. The van der Waals surface area contributed by atoms with Crippen LogP contribution in [-0.2, 0) is 4.74 Å². The Kier molecular flexibility index (Phi) is 9.22. The lowest BCUT2D eigenvalue weighted by molar-refractivity contribution is 0.158. The molecule has 180 valence electrons. The van der Waals surface area contributed by atoms with Gasteiger partial charge < -0.3 is 26.2 Å². The van der Waals surface area contributed by atoms with E-state index in [0.717, 1.165) is 51.6 Å². The number of aromatic nitrogens is 3. The third-order valence-corrected chi connectivity index (χ3v) is 6.73. The van der Waals surface area contributed by atoms with Gasteiger partial charge in [-0.3, -0.25) is 0 Å². The minimum atomic E-state index is 0.181. The SMILES string of the molecule is CCOCCNc1nc(C)c(-c2nc3cc(N)ccc3s2)c(NC(C)CCC(CC)CO)n1. The first kappa shape index (κ1) is 25.1. The summed E-state index contributed by atoms with van der Waals surface area (Å²) in [6, 6.07) is 5.97. The predicted octanol–water partition coefficient (Wildman–Crippen LogP) is 4.69. The summed E-state index contributed by atoms with van der Waals surface area (Å²) in [7, 11) is 0. The van der Waals surface area contributed by atoms with E-state index in [9.17, 15) is 5.11 Å². The number of nitrogens with one attached hydrogen (secondary N) is 2. The topological polar surface area (TPSA) is 118 Å². The number of hydrogen-bond donors (Lipinski definition) is 4. The van der Waals surface area contributed by atoms with Crippen LogP contribution in [0.15, 0.2) is 18.2 Å². The number of fused-ring (bicyclic) bond motifs is 1. The number of nitrogens with two attached hydrogens (primary N) is 1. The highest BCUT2D eigenvalue weighted by Gasteiger charge is 2.19. The highest BCUT2D eigenvalue weighted by Crippen LogP contribution is 2.37. The lowest BCUT2D eigenvalue weighted by Gasteiger charge is -2.20. The first-order valence-corrected chi connectivity index (χ1v) is 12.5. The number of hydrogen-bond acceptors (Lipinski definition) is 9. The maximum Gasteiger partial charge on any atom is 0.224 e. The quantitative estimate of drug-likeness (QED) is 0.209. The first-order chi connectivity index (χ1) is 15.9. The number of nitrogen functional groups attached to an aromatic ring is 1. The predicted molar refractivity (Wildman–Crippen MR) is 138 cm³/mol. The Labute approximate surface area is 200 Å². The number of rotatable bonds is 13. The monoisotopic (exact) mass is 472 g/mol. The molecule has 0 spiro atoms. The number of anilines is 3. The van der Waals surface area contributed by atoms with Gasteiger partial charge in [-0.1, -0.05) is 13.3 Å². The third kappa shape index (κ3) is 6.75. The van der Waals surface area contributed by atoms with Crippen LogP contribution >= 0.6 is 11.3 Å². The van der Waals surface area contributed by atoms with Crippen LogP contribution in [0, 0.1) is 12.8 Å². The molecule has 33 heavy (non-hydrogen) atoms. The van der Waals surface area contributed by atoms with E-state index in [1.807, 2.05) is 32.0 Å². The molecule has 0 amide bonds. The van der Waals surface area contributed by atoms with Crippen molar-refractivity contribution in [1.29, 1.82) is 0 Å². The zero-order chi connectivity index (χ0) is 23.8. The van der Waals surface area contributed by atoms with Crippen molar-refractivity contribution in [3.8, 4) is 10.6 Å². The molecule has 0 aliphatic rings. The lowest BCUT2D eigenvalue weighted by atomic mass is 9.99. The fourth-order valence-electron chi connectivity index (χ4n) is 3.66. The summed E-state index contributed by atoms with van der Waals surface area (Å²) < 4.78 is 6.49. The molecule has 0 saturated heterocycles. The second kappa shape index (κ2) is 12.1. The van der Waals surface area contributed by atoms with Crippen LogP contribution in [0.3, 0.4) is 0 Å². The van der Waals surface area contributed by atoms with Gasteiger partial charge in [0.25, 0.3) is 0 Å². The molecule has 0 radical (unpaired) electrons. The van der Waals surface area contributed by atoms with Gasteiger partial charge >= 0.3 is 0 Å². The number of benzene rings is 1. The summed E-state index contributed by atoms with van der Waals surface area (Å²) in [5.41, 5.74) is 9.29. The van der Waals surface area contributed by atoms with Gasteiger partial charge in [0.1, 0.15) is 10.8 Å². The van der Waals surface area contributed by atoms with Crippen molar-refractivity contribution in [2.75, 3.05) is 42.7 Å². The van der Waals surface area contributed by atoms with E-state index in [4.69, 9.17) is 25.4 Å². The molecule has 3 aromatic rings. The molecule has 0 aliphatic heterocycles. The van der Waals surface area contributed by atoms with E-state index < -0.39 is 0 Å². The van der Waals surface area contributed by atoms with Crippen molar-refractivity contribution < 1.29 is 9.84 Å². The lowest BCUT2D eigenvalue weighted by Crippen LogP contribution is -2.20. The van der Waals surface area contributed by atoms with Gasteiger partial charge in [-0.15, -0.1) is 11.3 Å². The highest BCUT2D eigenvalue weighted by molar-refractivity contribution is 7.21. The van der Waals surface area contributed by atoms with Gasteiger partial charge in [-0.2, -0.15) is 4.98 Å². The van der Waals surface area contributed by atoms with Crippen LogP contribution in [0.4, 0.5) is 17.5 Å². The minimum Gasteiger partial charge on any atom is -0.399 e.